The number of aromatic nitrogens is 3. The van der Waals surface area contributed by atoms with Crippen LogP contribution in [0.2, 0.25) is 0 Å². The number of rotatable bonds is 2. The molecule has 0 radical (unpaired) electrons. The molecule has 1 N–H and O–H groups in total. The minimum atomic E-state index is -0.0947. The number of imidazole rings is 1. The molecule has 25 heavy (non-hydrogen) atoms. The van der Waals surface area contributed by atoms with Crippen molar-refractivity contribution in [2.45, 2.75) is 39.2 Å². The molecular weight excluding hydrogens is 334 g/mol. The van der Waals surface area contributed by atoms with Gasteiger partial charge in [-0.2, -0.15) is 0 Å². The lowest BCUT2D eigenvalue weighted by Crippen LogP contribution is -2.36. The number of thiazole rings is 1. The molecule has 0 aliphatic heterocycles. The monoisotopic (exact) mass is 355 g/mol. The Morgan fingerprint density at radius 2 is 2.28 bits per heavy atom. The van der Waals surface area contributed by atoms with Crippen LogP contribution in [-0.2, 0) is 6.42 Å². The molecule has 2 amide bonds. The van der Waals surface area contributed by atoms with Crippen molar-refractivity contribution in [3.63, 3.8) is 0 Å². The Balaban J connectivity index is 1.56. The van der Waals surface area contributed by atoms with E-state index in [9.17, 15) is 4.79 Å². The molecule has 0 saturated carbocycles. The van der Waals surface area contributed by atoms with E-state index in [1.165, 1.54) is 4.88 Å². The van der Waals surface area contributed by atoms with E-state index >= 15 is 0 Å². The smallest absolute Gasteiger partial charge is 0.320 e. The van der Waals surface area contributed by atoms with Gasteiger partial charge in [0, 0.05) is 25.6 Å². The van der Waals surface area contributed by atoms with Gasteiger partial charge in [0.05, 0.1) is 27.3 Å². The molecule has 1 aliphatic carbocycles. The standard InChI is InChI=1S/C18H21N5OS/c1-11-9-13(10-23-8-7-19-17(11)23)21-18(24)22(3)15-6-4-5-14-16(15)25-12(2)20-14/h7-10,15H,4-6H2,1-3H3,(H,21,24). The molecule has 1 aliphatic rings. The lowest BCUT2D eigenvalue weighted by Gasteiger charge is -2.30. The second kappa shape index (κ2) is 6.15. The van der Waals surface area contributed by atoms with E-state index in [4.69, 9.17) is 0 Å². The number of aryl methyl sites for hydroxylation is 3. The highest BCUT2D eigenvalue weighted by Crippen LogP contribution is 2.37. The second-order valence-electron chi connectivity index (χ2n) is 6.56. The van der Waals surface area contributed by atoms with Gasteiger partial charge in [0.2, 0.25) is 0 Å². The first-order valence-corrected chi connectivity index (χ1v) is 9.28. The number of nitrogens with zero attached hydrogens (tertiary/aromatic N) is 4. The molecule has 1 atom stereocenters. The number of hydrogen-bond acceptors (Lipinski definition) is 4. The number of urea groups is 1. The molecule has 1 unspecified atom stereocenters. The molecule has 7 heteroatoms. The molecule has 0 bridgehead atoms. The maximum atomic E-state index is 12.8. The van der Waals surface area contributed by atoms with E-state index in [-0.39, 0.29) is 12.1 Å². The number of amides is 2. The van der Waals surface area contributed by atoms with E-state index in [1.807, 2.05) is 48.7 Å². The van der Waals surface area contributed by atoms with Gasteiger partial charge in [-0.05, 0) is 44.7 Å². The molecule has 0 fully saturated rings. The Morgan fingerprint density at radius 3 is 3.12 bits per heavy atom. The quantitative estimate of drug-likeness (QED) is 0.757. The summed E-state index contributed by atoms with van der Waals surface area (Å²) in [6.07, 6.45) is 8.61. The van der Waals surface area contributed by atoms with Crippen LogP contribution in [0.4, 0.5) is 10.5 Å². The van der Waals surface area contributed by atoms with Gasteiger partial charge in [-0.1, -0.05) is 0 Å². The van der Waals surface area contributed by atoms with Crippen LogP contribution >= 0.6 is 11.3 Å². The number of pyridine rings is 1. The maximum Gasteiger partial charge on any atom is 0.322 e. The molecule has 130 valence electrons. The molecule has 0 saturated heterocycles. The zero-order valence-corrected chi connectivity index (χ0v) is 15.4. The SMILES string of the molecule is Cc1nc2c(s1)C(N(C)C(=O)Nc1cc(C)c3nccn3c1)CCC2. The average molecular weight is 355 g/mol. The molecule has 3 heterocycles. The van der Waals surface area contributed by atoms with Crippen LogP contribution in [-0.4, -0.2) is 32.3 Å². The van der Waals surface area contributed by atoms with Crippen LogP contribution in [0.5, 0.6) is 0 Å². The fourth-order valence-electron chi connectivity index (χ4n) is 3.52. The van der Waals surface area contributed by atoms with E-state index in [1.54, 1.807) is 17.5 Å². The van der Waals surface area contributed by atoms with Crippen LogP contribution in [0, 0.1) is 13.8 Å². The largest absolute Gasteiger partial charge is 0.322 e. The third-order valence-corrected chi connectivity index (χ3v) is 5.85. The first-order valence-electron chi connectivity index (χ1n) is 8.46. The van der Waals surface area contributed by atoms with Crippen molar-refractivity contribution < 1.29 is 4.79 Å². The topological polar surface area (TPSA) is 62.5 Å². The minimum absolute atomic E-state index is 0.0947. The van der Waals surface area contributed by atoms with Gasteiger partial charge in [0.1, 0.15) is 5.65 Å². The van der Waals surface area contributed by atoms with Crippen molar-refractivity contribution in [2.75, 3.05) is 12.4 Å². The average Bonchev–Trinajstić information content (AvgIpc) is 3.19. The minimum Gasteiger partial charge on any atom is -0.320 e. The summed E-state index contributed by atoms with van der Waals surface area (Å²) in [5, 5.41) is 4.10. The van der Waals surface area contributed by atoms with Gasteiger partial charge >= 0.3 is 6.03 Å². The van der Waals surface area contributed by atoms with Crippen molar-refractivity contribution in [2.24, 2.45) is 0 Å². The van der Waals surface area contributed by atoms with Crippen LogP contribution < -0.4 is 5.32 Å². The first kappa shape index (κ1) is 16.1. The van der Waals surface area contributed by atoms with Gasteiger partial charge < -0.3 is 14.6 Å². The fraction of sp³-hybridized carbons (Fsp3) is 0.389. The lowest BCUT2D eigenvalue weighted by atomic mass is 9.97. The Hall–Kier alpha value is -2.41. The summed E-state index contributed by atoms with van der Waals surface area (Å²) in [5.74, 6) is 0. The van der Waals surface area contributed by atoms with Crippen LogP contribution in [0.25, 0.3) is 5.65 Å². The fourth-order valence-corrected chi connectivity index (χ4v) is 4.67. The van der Waals surface area contributed by atoms with E-state index < -0.39 is 0 Å². The van der Waals surface area contributed by atoms with Crippen LogP contribution in [0.1, 0.15) is 40.0 Å². The summed E-state index contributed by atoms with van der Waals surface area (Å²) < 4.78 is 1.93. The lowest BCUT2D eigenvalue weighted by molar-refractivity contribution is 0.198. The summed E-state index contributed by atoms with van der Waals surface area (Å²) in [4.78, 5) is 24.8. The highest BCUT2D eigenvalue weighted by Gasteiger charge is 2.29. The summed E-state index contributed by atoms with van der Waals surface area (Å²) in [5.41, 5.74) is 3.87. The van der Waals surface area contributed by atoms with Crippen molar-refractivity contribution in [3.8, 4) is 0 Å². The third kappa shape index (κ3) is 2.89. The highest BCUT2D eigenvalue weighted by atomic mass is 32.1. The zero-order valence-electron chi connectivity index (χ0n) is 14.6. The zero-order chi connectivity index (χ0) is 17.6. The third-order valence-electron chi connectivity index (χ3n) is 4.74. The molecule has 4 rings (SSSR count). The van der Waals surface area contributed by atoms with E-state index in [0.717, 1.165) is 46.9 Å². The van der Waals surface area contributed by atoms with Crippen LogP contribution in [0.3, 0.4) is 0 Å². The van der Waals surface area contributed by atoms with Crippen molar-refractivity contribution in [3.05, 3.63) is 45.8 Å². The maximum absolute atomic E-state index is 12.8. The molecule has 3 aromatic heterocycles. The highest BCUT2D eigenvalue weighted by molar-refractivity contribution is 7.11. The van der Waals surface area contributed by atoms with Gasteiger partial charge in [0.15, 0.2) is 0 Å². The van der Waals surface area contributed by atoms with Gasteiger partial charge in [-0.3, -0.25) is 0 Å². The second-order valence-corrected chi connectivity index (χ2v) is 7.80. The predicted molar refractivity (Wildman–Crippen MR) is 99.2 cm³/mol. The Morgan fingerprint density at radius 1 is 1.44 bits per heavy atom. The summed E-state index contributed by atoms with van der Waals surface area (Å²) in [6, 6.07) is 1.97. The number of carbonyl (C=O) groups is 1. The summed E-state index contributed by atoms with van der Waals surface area (Å²) in [6.45, 7) is 4.03. The number of anilines is 1. The van der Waals surface area contributed by atoms with Gasteiger partial charge in [0.25, 0.3) is 0 Å². The van der Waals surface area contributed by atoms with Crippen molar-refractivity contribution in [1.29, 1.82) is 0 Å². The Kier molecular flexibility index (Phi) is 3.95. The Labute approximate surface area is 150 Å². The predicted octanol–water partition coefficient (Wildman–Crippen LogP) is 3.95. The van der Waals surface area contributed by atoms with Crippen molar-refractivity contribution in [1.82, 2.24) is 19.3 Å². The number of fused-ring (bicyclic) bond motifs is 2. The number of hydrogen-bond donors (Lipinski definition) is 1. The first-order chi connectivity index (χ1) is 12.0. The Bertz CT molecular complexity index is 944. The number of carbonyl (C=O) groups excluding carboxylic acids is 1. The van der Waals surface area contributed by atoms with Crippen LogP contribution in [0.15, 0.2) is 24.7 Å². The van der Waals surface area contributed by atoms with Gasteiger partial charge in [-0.25, -0.2) is 14.8 Å². The molecular formula is C18H21N5OS. The van der Waals surface area contributed by atoms with E-state index in [2.05, 4.69) is 15.3 Å². The molecule has 6 nitrogen and oxygen atoms in total. The normalized spacial score (nSPS) is 16.7. The van der Waals surface area contributed by atoms with E-state index in [0.29, 0.717) is 0 Å². The van der Waals surface area contributed by atoms with Crippen molar-refractivity contribution >= 4 is 28.7 Å². The van der Waals surface area contributed by atoms with Gasteiger partial charge in [-0.15, -0.1) is 11.3 Å². The summed E-state index contributed by atoms with van der Waals surface area (Å²) >= 11 is 1.71. The molecule has 0 aromatic carbocycles. The molecule has 0 spiro atoms. The number of nitrogens with one attached hydrogen (secondary N) is 1. The summed E-state index contributed by atoms with van der Waals surface area (Å²) in [7, 11) is 1.87. The molecule has 3 aromatic rings.